The van der Waals surface area contributed by atoms with Gasteiger partial charge in [-0.15, -0.1) is 0 Å². The summed E-state index contributed by atoms with van der Waals surface area (Å²) in [6.07, 6.45) is 5.94. The van der Waals surface area contributed by atoms with Gasteiger partial charge in [-0.1, -0.05) is 20.8 Å². The van der Waals surface area contributed by atoms with Gasteiger partial charge in [0.1, 0.15) is 0 Å². The highest BCUT2D eigenvalue weighted by Gasteiger charge is 2.39. The average Bonchev–Trinajstić information content (AvgIpc) is 2.35. The van der Waals surface area contributed by atoms with Crippen LogP contribution in [0.5, 0.6) is 0 Å². The van der Waals surface area contributed by atoms with Gasteiger partial charge in [0.05, 0.1) is 12.2 Å². The van der Waals surface area contributed by atoms with E-state index in [1.165, 1.54) is 25.7 Å². The molecule has 20 heavy (non-hydrogen) atoms. The lowest BCUT2D eigenvalue weighted by atomic mass is 9.72. The third-order valence-electron chi connectivity index (χ3n) is 4.93. The minimum absolute atomic E-state index is 0.371. The van der Waals surface area contributed by atoms with Crippen molar-refractivity contribution in [1.29, 1.82) is 0 Å². The zero-order valence-electron chi connectivity index (χ0n) is 14.1. The summed E-state index contributed by atoms with van der Waals surface area (Å²) >= 11 is 0. The molecule has 0 radical (unpaired) electrons. The highest BCUT2D eigenvalue weighted by Crippen LogP contribution is 2.38. The molecular formula is C17H34N2O. The Bertz CT molecular complexity index is 295. The third kappa shape index (κ3) is 4.19. The summed E-state index contributed by atoms with van der Waals surface area (Å²) in [5, 5.41) is 3.80. The second-order valence-electron chi connectivity index (χ2n) is 7.75. The number of ether oxygens (including phenoxy) is 1. The van der Waals surface area contributed by atoms with E-state index in [-0.39, 0.29) is 0 Å². The standard InChI is InChI=1S/C17H34N2O/c1-6-9-18-15-7-8-17(4,5)10-16(15)19-11-13(2)20-14(3)12-19/h13-16,18H,6-12H2,1-5H3. The molecule has 0 aromatic heterocycles. The molecule has 3 heteroatoms. The Morgan fingerprint density at radius 3 is 2.45 bits per heavy atom. The topological polar surface area (TPSA) is 24.5 Å². The van der Waals surface area contributed by atoms with Crippen LogP contribution in [0.25, 0.3) is 0 Å². The predicted molar refractivity (Wildman–Crippen MR) is 85.1 cm³/mol. The van der Waals surface area contributed by atoms with Crippen molar-refractivity contribution in [1.82, 2.24) is 10.2 Å². The van der Waals surface area contributed by atoms with Crippen LogP contribution < -0.4 is 5.32 Å². The van der Waals surface area contributed by atoms with Gasteiger partial charge < -0.3 is 10.1 Å². The normalized spacial score (nSPS) is 38.9. The van der Waals surface area contributed by atoms with E-state index in [9.17, 15) is 0 Å². The Kier molecular flexibility index (Phi) is 5.49. The molecule has 0 bridgehead atoms. The molecule has 3 nitrogen and oxygen atoms in total. The van der Waals surface area contributed by atoms with Gasteiger partial charge in [-0.2, -0.15) is 0 Å². The molecule has 0 aromatic rings. The van der Waals surface area contributed by atoms with Crippen LogP contribution in [0.15, 0.2) is 0 Å². The van der Waals surface area contributed by atoms with Crippen LogP contribution in [-0.2, 0) is 4.74 Å². The molecular weight excluding hydrogens is 248 g/mol. The van der Waals surface area contributed by atoms with Gasteiger partial charge in [-0.3, -0.25) is 4.90 Å². The van der Waals surface area contributed by atoms with E-state index in [4.69, 9.17) is 4.74 Å². The minimum atomic E-state index is 0.371. The van der Waals surface area contributed by atoms with Crippen molar-refractivity contribution in [2.24, 2.45) is 5.41 Å². The van der Waals surface area contributed by atoms with Crippen molar-refractivity contribution < 1.29 is 4.74 Å². The van der Waals surface area contributed by atoms with E-state index in [0.717, 1.165) is 19.6 Å². The first-order valence-electron chi connectivity index (χ1n) is 8.54. The summed E-state index contributed by atoms with van der Waals surface area (Å²) in [5.41, 5.74) is 0.486. The zero-order valence-corrected chi connectivity index (χ0v) is 14.1. The molecule has 2 aliphatic rings. The van der Waals surface area contributed by atoms with Crippen LogP contribution >= 0.6 is 0 Å². The summed E-state index contributed by atoms with van der Waals surface area (Å²) in [6, 6.07) is 1.35. The molecule has 0 amide bonds. The Morgan fingerprint density at radius 2 is 1.85 bits per heavy atom. The van der Waals surface area contributed by atoms with Gasteiger partial charge in [-0.25, -0.2) is 0 Å². The first kappa shape index (κ1) is 16.3. The molecule has 4 atom stereocenters. The smallest absolute Gasteiger partial charge is 0.0678 e. The lowest BCUT2D eigenvalue weighted by molar-refractivity contribution is -0.0940. The number of rotatable bonds is 4. The van der Waals surface area contributed by atoms with E-state index in [2.05, 4.69) is 44.8 Å². The molecule has 1 heterocycles. The minimum Gasteiger partial charge on any atom is -0.373 e. The van der Waals surface area contributed by atoms with Crippen LogP contribution in [0.2, 0.25) is 0 Å². The van der Waals surface area contributed by atoms with E-state index in [1.54, 1.807) is 0 Å². The maximum absolute atomic E-state index is 5.91. The van der Waals surface area contributed by atoms with Gasteiger partial charge in [0, 0.05) is 25.2 Å². The molecule has 0 aromatic carbocycles. The highest BCUT2D eigenvalue weighted by molar-refractivity contribution is 4.96. The van der Waals surface area contributed by atoms with Gasteiger partial charge >= 0.3 is 0 Å². The van der Waals surface area contributed by atoms with Gasteiger partial charge in [0.15, 0.2) is 0 Å². The van der Waals surface area contributed by atoms with E-state index >= 15 is 0 Å². The van der Waals surface area contributed by atoms with Crippen molar-refractivity contribution >= 4 is 0 Å². The number of hydrogen-bond acceptors (Lipinski definition) is 3. The maximum atomic E-state index is 5.91. The first-order chi connectivity index (χ1) is 9.41. The monoisotopic (exact) mass is 282 g/mol. The van der Waals surface area contributed by atoms with Crippen molar-refractivity contribution in [3.8, 4) is 0 Å². The van der Waals surface area contributed by atoms with E-state index in [1.807, 2.05) is 0 Å². The third-order valence-corrected chi connectivity index (χ3v) is 4.93. The summed E-state index contributed by atoms with van der Waals surface area (Å²) in [5.74, 6) is 0. The number of hydrogen-bond donors (Lipinski definition) is 1. The largest absolute Gasteiger partial charge is 0.373 e. The fourth-order valence-corrected chi connectivity index (χ4v) is 3.99. The van der Waals surface area contributed by atoms with Gasteiger partial charge in [0.25, 0.3) is 0 Å². The first-order valence-corrected chi connectivity index (χ1v) is 8.54. The SMILES string of the molecule is CCCNC1CCC(C)(C)CC1N1CC(C)OC(C)C1. The molecule has 2 fully saturated rings. The fourth-order valence-electron chi connectivity index (χ4n) is 3.99. The average molecular weight is 282 g/mol. The van der Waals surface area contributed by atoms with E-state index < -0.39 is 0 Å². The van der Waals surface area contributed by atoms with Crippen LogP contribution in [0.3, 0.4) is 0 Å². The van der Waals surface area contributed by atoms with Crippen molar-refractivity contribution in [2.45, 2.75) is 84.6 Å². The lowest BCUT2D eigenvalue weighted by Crippen LogP contribution is -2.59. The second kappa shape index (κ2) is 6.76. The Labute approximate surface area is 125 Å². The van der Waals surface area contributed by atoms with Gasteiger partial charge in [-0.05, 0) is 51.5 Å². The number of morpholine rings is 1. The lowest BCUT2D eigenvalue weighted by Gasteiger charge is -2.49. The number of nitrogens with zero attached hydrogens (tertiary/aromatic N) is 1. The molecule has 0 spiro atoms. The van der Waals surface area contributed by atoms with Crippen LogP contribution in [0, 0.1) is 5.41 Å². The summed E-state index contributed by atoms with van der Waals surface area (Å²) in [7, 11) is 0. The van der Waals surface area contributed by atoms with Crippen molar-refractivity contribution in [3.63, 3.8) is 0 Å². The van der Waals surface area contributed by atoms with Crippen LogP contribution in [0.4, 0.5) is 0 Å². The summed E-state index contributed by atoms with van der Waals surface area (Å²) in [6.45, 7) is 14.9. The quantitative estimate of drug-likeness (QED) is 0.858. The van der Waals surface area contributed by atoms with E-state index in [0.29, 0.717) is 29.7 Å². The summed E-state index contributed by atoms with van der Waals surface area (Å²) in [4.78, 5) is 2.70. The summed E-state index contributed by atoms with van der Waals surface area (Å²) < 4.78 is 5.91. The molecule has 118 valence electrons. The number of nitrogens with one attached hydrogen (secondary N) is 1. The molecule has 1 saturated heterocycles. The maximum Gasteiger partial charge on any atom is 0.0678 e. The fraction of sp³-hybridized carbons (Fsp3) is 1.00. The Balaban J connectivity index is 2.05. The molecule has 1 N–H and O–H groups in total. The van der Waals surface area contributed by atoms with Crippen LogP contribution in [0.1, 0.15) is 60.3 Å². The molecule has 1 aliphatic heterocycles. The van der Waals surface area contributed by atoms with Crippen LogP contribution in [-0.4, -0.2) is 48.8 Å². The molecule has 1 aliphatic carbocycles. The Morgan fingerprint density at radius 1 is 1.20 bits per heavy atom. The van der Waals surface area contributed by atoms with Gasteiger partial charge in [0.2, 0.25) is 0 Å². The molecule has 1 saturated carbocycles. The second-order valence-corrected chi connectivity index (χ2v) is 7.75. The van der Waals surface area contributed by atoms with Crippen molar-refractivity contribution in [3.05, 3.63) is 0 Å². The van der Waals surface area contributed by atoms with Crippen molar-refractivity contribution in [2.75, 3.05) is 19.6 Å². The molecule has 4 unspecified atom stereocenters. The highest BCUT2D eigenvalue weighted by atomic mass is 16.5. The molecule has 2 rings (SSSR count). The zero-order chi connectivity index (χ0) is 14.8. The Hall–Kier alpha value is -0.120. The predicted octanol–water partition coefficient (Wildman–Crippen LogP) is 3.04.